The van der Waals surface area contributed by atoms with Gasteiger partial charge in [-0.2, -0.15) is 0 Å². The van der Waals surface area contributed by atoms with E-state index in [1.54, 1.807) is 49.4 Å². The number of aliphatic hydroxyl groups is 1. The van der Waals surface area contributed by atoms with E-state index in [4.69, 9.17) is 9.47 Å². The van der Waals surface area contributed by atoms with Crippen molar-refractivity contribution in [3.63, 3.8) is 0 Å². The summed E-state index contributed by atoms with van der Waals surface area (Å²) in [4.78, 5) is 12.5. The molecule has 3 rings (SSSR count). The molecule has 1 heterocycles. The van der Waals surface area contributed by atoms with E-state index in [0.29, 0.717) is 23.5 Å². The van der Waals surface area contributed by atoms with Gasteiger partial charge in [-0.1, -0.05) is 18.2 Å². The van der Waals surface area contributed by atoms with Gasteiger partial charge in [-0.15, -0.1) is 0 Å². The smallest absolute Gasteiger partial charge is 0.186 e. The van der Waals surface area contributed by atoms with E-state index >= 15 is 0 Å². The van der Waals surface area contributed by atoms with Crippen LogP contribution in [0.1, 0.15) is 28.4 Å². The van der Waals surface area contributed by atoms with Gasteiger partial charge in [0.2, 0.25) is 0 Å². The summed E-state index contributed by atoms with van der Waals surface area (Å²) in [6.07, 6.45) is 2.64. The molecular formula is C20H20O5. The van der Waals surface area contributed by atoms with E-state index in [2.05, 4.69) is 0 Å². The number of rotatable bonds is 4. The van der Waals surface area contributed by atoms with Crippen molar-refractivity contribution in [2.75, 3.05) is 7.11 Å². The second kappa shape index (κ2) is 6.99. The molecule has 0 saturated heterocycles. The van der Waals surface area contributed by atoms with Crippen LogP contribution in [-0.2, 0) is 6.42 Å². The lowest BCUT2D eigenvalue weighted by Crippen LogP contribution is -2.35. The number of methoxy groups -OCH3 is 1. The summed E-state index contributed by atoms with van der Waals surface area (Å²) in [6, 6.07) is 9.91. The van der Waals surface area contributed by atoms with Gasteiger partial charge < -0.3 is 19.7 Å². The molecule has 0 aromatic heterocycles. The molecule has 0 bridgehead atoms. The molecule has 0 spiro atoms. The van der Waals surface area contributed by atoms with Crippen LogP contribution in [-0.4, -0.2) is 35.3 Å². The molecule has 5 nitrogen and oxygen atoms in total. The highest BCUT2D eigenvalue weighted by molar-refractivity contribution is 6.07. The van der Waals surface area contributed by atoms with Gasteiger partial charge in [0.05, 0.1) is 13.2 Å². The van der Waals surface area contributed by atoms with Gasteiger partial charge in [0.1, 0.15) is 23.4 Å². The molecule has 2 aromatic rings. The molecule has 2 atom stereocenters. The van der Waals surface area contributed by atoms with E-state index < -0.39 is 6.10 Å². The zero-order valence-corrected chi connectivity index (χ0v) is 14.1. The number of fused-ring (bicyclic) bond motifs is 1. The minimum absolute atomic E-state index is 0.177. The van der Waals surface area contributed by atoms with Crippen molar-refractivity contribution < 1.29 is 24.5 Å². The summed E-state index contributed by atoms with van der Waals surface area (Å²) >= 11 is 0. The van der Waals surface area contributed by atoms with Crippen molar-refractivity contribution in [3.8, 4) is 17.2 Å². The Hall–Kier alpha value is -2.79. The maximum Gasteiger partial charge on any atom is 0.186 e. The van der Waals surface area contributed by atoms with E-state index in [9.17, 15) is 15.0 Å². The van der Waals surface area contributed by atoms with Crippen LogP contribution in [0.3, 0.4) is 0 Å². The standard InChI is InChI=1S/C20H20O5/c1-12-18(23)11-16-19(24-2)9-14(10-20(16)25-12)17(22)8-5-13-3-6-15(21)7-4-13/h3-10,12,18,21,23H,11H2,1-2H3/t12-,18+/m0/s1. The number of carbonyl (C=O) groups is 1. The number of aliphatic hydroxyl groups excluding tert-OH is 1. The van der Waals surface area contributed by atoms with Crippen molar-refractivity contribution >= 4 is 11.9 Å². The van der Waals surface area contributed by atoms with Crippen molar-refractivity contribution in [2.45, 2.75) is 25.6 Å². The third-order valence-corrected chi connectivity index (χ3v) is 4.26. The first kappa shape index (κ1) is 17.0. The highest BCUT2D eigenvalue weighted by atomic mass is 16.5. The number of ketones is 1. The molecule has 2 N–H and O–H groups in total. The molecule has 2 aromatic carbocycles. The van der Waals surface area contributed by atoms with Gasteiger partial charge in [-0.05, 0) is 42.8 Å². The van der Waals surface area contributed by atoms with Gasteiger partial charge in [-0.25, -0.2) is 0 Å². The Balaban J connectivity index is 1.88. The number of aromatic hydroxyl groups is 1. The lowest BCUT2D eigenvalue weighted by molar-refractivity contribution is 0.0319. The number of carbonyl (C=O) groups excluding carboxylic acids is 1. The maximum absolute atomic E-state index is 12.5. The minimum Gasteiger partial charge on any atom is -0.508 e. The Labute approximate surface area is 146 Å². The Kier molecular flexibility index (Phi) is 4.76. The van der Waals surface area contributed by atoms with Crippen molar-refractivity contribution in [1.29, 1.82) is 0 Å². The van der Waals surface area contributed by atoms with Crippen LogP contribution in [0.4, 0.5) is 0 Å². The first-order valence-corrected chi connectivity index (χ1v) is 8.05. The molecule has 0 saturated carbocycles. The number of ether oxygens (including phenoxy) is 2. The van der Waals surface area contributed by atoms with E-state index in [0.717, 1.165) is 11.1 Å². The first-order valence-electron chi connectivity index (χ1n) is 8.05. The molecule has 0 amide bonds. The average molecular weight is 340 g/mol. The third-order valence-electron chi connectivity index (χ3n) is 4.26. The number of hydrogen-bond donors (Lipinski definition) is 2. The maximum atomic E-state index is 12.5. The van der Waals surface area contributed by atoms with Crippen LogP contribution in [0.25, 0.3) is 6.08 Å². The lowest BCUT2D eigenvalue weighted by Gasteiger charge is -2.29. The molecule has 1 aliphatic heterocycles. The zero-order chi connectivity index (χ0) is 18.0. The number of benzene rings is 2. The van der Waals surface area contributed by atoms with Crippen LogP contribution in [0, 0.1) is 0 Å². The Morgan fingerprint density at radius 3 is 2.68 bits per heavy atom. The number of hydrogen-bond acceptors (Lipinski definition) is 5. The summed E-state index contributed by atoms with van der Waals surface area (Å²) < 4.78 is 11.1. The third kappa shape index (κ3) is 3.67. The van der Waals surface area contributed by atoms with Gasteiger partial charge in [0, 0.05) is 17.5 Å². The van der Waals surface area contributed by atoms with Gasteiger partial charge >= 0.3 is 0 Å². The van der Waals surface area contributed by atoms with E-state index in [1.807, 2.05) is 0 Å². The van der Waals surface area contributed by atoms with Gasteiger partial charge in [0.25, 0.3) is 0 Å². The van der Waals surface area contributed by atoms with Gasteiger partial charge in [-0.3, -0.25) is 4.79 Å². The normalized spacial score (nSPS) is 19.3. The predicted octanol–water partition coefficient (Wildman–Crippen LogP) is 2.98. The molecule has 25 heavy (non-hydrogen) atoms. The molecule has 1 aliphatic rings. The molecule has 0 radical (unpaired) electrons. The van der Waals surface area contributed by atoms with Crippen LogP contribution < -0.4 is 9.47 Å². The van der Waals surface area contributed by atoms with Crippen LogP contribution in [0.5, 0.6) is 17.2 Å². The average Bonchev–Trinajstić information content (AvgIpc) is 2.61. The molecule has 130 valence electrons. The van der Waals surface area contributed by atoms with Crippen molar-refractivity contribution in [3.05, 3.63) is 59.2 Å². The summed E-state index contributed by atoms with van der Waals surface area (Å²) in [6.45, 7) is 1.79. The minimum atomic E-state index is -0.600. The number of phenols is 1. The Morgan fingerprint density at radius 2 is 2.00 bits per heavy atom. The quantitative estimate of drug-likeness (QED) is 0.661. The monoisotopic (exact) mass is 340 g/mol. The number of phenolic OH excluding ortho intramolecular Hbond substituents is 1. The fourth-order valence-electron chi connectivity index (χ4n) is 2.76. The summed E-state index contributed by atoms with van der Waals surface area (Å²) in [5, 5.41) is 19.3. The van der Waals surface area contributed by atoms with Crippen molar-refractivity contribution in [1.82, 2.24) is 0 Å². The highest BCUT2D eigenvalue weighted by Crippen LogP contribution is 2.36. The summed E-state index contributed by atoms with van der Waals surface area (Å²) in [7, 11) is 1.53. The molecular weight excluding hydrogens is 320 g/mol. The number of allylic oxidation sites excluding steroid dienone is 1. The Morgan fingerprint density at radius 1 is 1.28 bits per heavy atom. The highest BCUT2D eigenvalue weighted by Gasteiger charge is 2.28. The molecule has 0 unspecified atom stereocenters. The SMILES string of the molecule is COc1cc(C(=O)C=Cc2ccc(O)cc2)cc2c1C[C@@H](O)[C@H](C)O2. The van der Waals surface area contributed by atoms with Crippen LogP contribution >= 0.6 is 0 Å². The second-order valence-corrected chi connectivity index (χ2v) is 6.04. The lowest BCUT2D eigenvalue weighted by atomic mass is 9.96. The summed E-state index contributed by atoms with van der Waals surface area (Å²) in [5.41, 5.74) is 2.03. The Bertz CT molecular complexity index is 808. The molecule has 5 heteroatoms. The van der Waals surface area contributed by atoms with E-state index in [-0.39, 0.29) is 17.6 Å². The van der Waals surface area contributed by atoms with Gasteiger partial charge in [0.15, 0.2) is 5.78 Å². The topological polar surface area (TPSA) is 76.0 Å². The molecule has 0 fully saturated rings. The second-order valence-electron chi connectivity index (χ2n) is 6.04. The summed E-state index contributed by atoms with van der Waals surface area (Å²) in [5.74, 6) is 1.09. The molecule has 0 aliphatic carbocycles. The van der Waals surface area contributed by atoms with E-state index in [1.165, 1.54) is 13.2 Å². The predicted molar refractivity (Wildman–Crippen MR) is 94.3 cm³/mol. The first-order chi connectivity index (χ1) is 12.0. The zero-order valence-electron chi connectivity index (χ0n) is 14.1. The fraction of sp³-hybridized carbons (Fsp3) is 0.250. The fourth-order valence-corrected chi connectivity index (χ4v) is 2.76. The van der Waals surface area contributed by atoms with Crippen LogP contribution in [0.15, 0.2) is 42.5 Å². The largest absolute Gasteiger partial charge is 0.508 e. The van der Waals surface area contributed by atoms with Crippen molar-refractivity contribution in [2.24, 2.45) is 0 Å². The van der Waals surface area contributed by atoms with Crippen LogP contribution in [0.2, 0.25) is 0 Å².